The summed E-state index contributed by atoms with van der Waals surface area (Å²) in [6, 6.07) is 9.78. The van der Waals surface area contributed by atoms with Crippen LogP contribution in [0.4, 0.5) is 5.69 Å². The van der Waals surface area contributed by atoms with Crippen LogP contribution in [-0.2, 0) is 4.79 Å². The summed E-state index contributed by atoms with van der Waals surface area (Å²) in [5.74, 6) is 1.32. The Bertz CT molecular complexity index is 606. The number of benzene rings is 1. The minimum atomic E-state index is 0.0305. The molecule has 5 heteroatoms. The molecule has 1 aromatic carbocycles. The number of rotatable bonds is 5. The topological polar surface area (TPSA) is 66.9 Å². The molecule has 2 heterocycles. The molecule has 5 nitrogen and oxygen atoms in total. The summed E-state index contributed by atoms with van der Waals surface area (Å²) in [5, 5.41) is 6.18. The number of amides is 1. The van der Waals surface area contributed by atoms with Gasteiger partial charge < -0.3 is 10.6 Å². The average Bonchev–Trinajstić information content (AvgIpc) is 3.08. The number of carbonyl (C=O) groups is 1. The molecule has 1 aromatic heterocycles. The van der Waals surface area contributed by atoms with Crippen LogP contribution < -0.4 is 10.6 Å². The summed E-state index contributed by atoms with van der Waals surface area (Å²) < 4.78 is 0. The molecule has 0 radical (unpaired) electrons. The van der Waals surface area contributed by atoms with E-state index in [0.717, 1.165) is 25.1 Å². The average molecular weight is 296 g/mol. The number of hydrogen-bond acceptors (Lipinski definition) is 4. The molecule has 1 aliphatic heterocycles. The molecule has 2 N–H and O–H groups in total. The van der Waals surface area contributed by atoms with Crippen LogP contribution in [0, 0.1) is 5.92 Å². The van der Waals surface area contributed by atoms with Gasteiger partial charge >= 0.3 is 0 Å². The second kappa shape index (κ2) is 7.13. The van der Waals surface area contributed by atoms with E-state index in [1.54, 1.807) is 12.4 Å². The maximum Gasteiger partial charge on any atom is 0.224 e. The van der Waals surface area contributed by atoms with Gasteiger partial charge in [0.1, 0.15) is 0 Å². The van der Waals surface area contributed by atoms with Crippen LogP contribution in [0.25, 0.3) is 11.4 Å². The fourth-order valence-corrected chi connectivity index (χ4v) is 2.65. The van der Waals surface area contributed by atoms with Crippen LogP contribution in [0.1, 0.15) is 19.3 Å². The highest BCUT2D eigenvalue weighted by atomic mass is 16.1. The highest BCUT2D eigenvalue weighted by molar-refractivity contribution is 5.90. The molecule has 1 amide bonds. The van der Waals surface area contributed by atoms with Gasteiger partial charge in [-0.1, -0.05) is 30.3 Å². The number of aromatic nitrogens is 2. The van der Waals surface area contributed by atoms with Crippen molar-refractivity contribution < 1.29 is 4.79 Å². The Balaban J connectivity index is 1.53. The van der Waals surface area contributed by atoms with Gasteiger partial charge in [-0.25, -0.2) is 9.97 Å². The van der Waals surface area contributed by atoms with E-state index in [2.05, 4.69) is 20.6 Å². The van der Waals surface area contributed by atoms with Gasteiger partial charge in [-0.3, -0.25) is 4.79 Å². The second-order valence-corrected chi connectivity index (χ2v) is 5.61. The molecule has 114 valence electrons. The molecule has 1 saturated heterocycles. The lowest BCUT2D eigenvalue weighted by Crippen LogP contribution is -2.15. The van der Waals surface area contributed by atoms with Crippen molar-refractivity contribution in [1.82, 2.24) is 15.3 Å². The molecule has 0 bridgehead atoms. The first-order valence-corrected chi connectivity index (χ1v) is 7.69. The molecular weight excluding hydrogens is 276 g/mol. The summed E-state index contributed by atoms with van der Waals surface area (Å²) >= 11 is 0. The number of anilines is 1. The predicted molar refractivity (Wildman–Crippen MR) is 86.3 cm³/mol. The Kier molecular flexibility index (Phi) is 4.75. The van der Waals surface area contributed by atoms with Gasteiger partial charge in [0.05, 0.1) is 18.1 Å². The minimum Gasteiger partial charge on any atom is -0.323 e. The Labute approximate surface area is 130 Å². The largest absolute Gasteiger partial charge is 0.323 e. The lowest BCUT2D eigenvalue weighted by Gasteiger charge is -2.08. The Morgan fingerprint density at radius 1 is 1.23 bits per heavy atom. The first-order valence-electron chi connectivity index (χ1n) is 7.69. The van der Waals surface area contributed by atoms with Gasteiger partial charge in [0, 0.05) is 12.0 Å². The Morgan fingerprint density at radius 3 is 2.68 bits per heavy atom. The molecule has 1 fully saturated rings. The van der Waals surface area contributed by atoms with E-state index < -0.39 is 0 Å². The number of nitrogens with zero attached hydrogens (tertiary/aromatic N) is 2. The van der Waals surface area contributed by atoms with Crippen LogP contribution in [0.3, 0.4) is 0 Å². The molecule has 0 aliphatic carbocycles. The summed E-state index contributed by atoms with van der Waals surface area (Å²) in [6.45, 7) is 2.10. The van der Waals surface area contributed by atoms with Gasteiger partial charge in [0.25, 0.3) is 0 Å². The second-order valence-electron chi connectivity index (χ2n) is 5.61. The maximum absolute atomic E-state index is 11.9. The Morgan fingerprint density at radius 2 is 2.00 bits per heavy atom. The molecule has 1 atom stereocenters. The SMILES string of the molecule is O=C(CCC1CCNC1)Nc1cnc(-c2ccccc2)nc1. The fourth-order valence-electron chi connectivity index (χ4n) is 2.65. The van der Waals surface area contributed by atoms with Crippen molar-refractivity contribution in [1.29, 1.82) is 0 Å². The molecule has 1 aliphatic rings. The quantitative estimate of drug-likeness (QED) is 0.889. The lowest BCUT2D eigenvalue weighted by molar-refractivity contribution is -0.116. The molecule has 2 aromatic rings. The van der Waals surface area contributed by atoms with E-state index >= 15 is 0 Å². The molecule has 3 rings (SSSR count). The zero-order chi connectivity index (χ0) is 15.2. The van der Waals surface area contributed by atoms with Crippen LogP contribution in [0.5, 0.6) is 0 Å². The zero-order valence-electron chi connectivity index (χ0n) is 12.5. The van der Waals surface area contributed by atoms with Crippen molar-refractivity contribution in [3.63, 3.8) is 0 Å². The summed E-state index contributed by atoms with van der Waals surface area (Å²) in [4.78, 5) is 20.5. The van der Waals surface area contributed by atoms with Crippen molar-refractivity contribution >= 4 is 11.6 Å². The van der Waals surface area contributed by atoms with E-state index in [4.69, 9.17) is 0 Å². The standard InChI is InChI=1S/C17H20N4O/c22-16(7-6-13-8-9-18-10-13)21-15-11-19-17(20-12-15)14-4-2-1-3-5-14/h1-5,11-13,18H,6-10H2,(H,21,22). The van der Waals surface area contributed by atoms with Crippen LogP contribution >= 0.6 is 0 Å². The van der Waals surface area contributed by atoms with Crippen molar-refractivity contribution in [3.8, 4) is 11.4 Å². The molecule has 1 unspecified atom stereocenters. The normalized spacial score (nSPS) is 17.4. The van der Waals surface area contributed by atoms with Gasteiger partial charge in [-0.15, -0.1) is 0 Å². The predicted octanol–water partition coefficient (Wildman–Crippen LogP) is 2.47. The van der Waals surface area contributed by atoms with Gasteiger partial charge in [-0.2, -0.15) is 0 Å². The third kappa shape index (κ3) is 3.89. The fraction of sp³-hybridized carbons (Fsp3) is 0.353. The molecule has 0 saturated carbocycles. The van der Waals surface area contributed by atoms with Crippen LogP contribution in [0.2, 0.25) is 0 Å². The van der Waals surface area contributed by atoms with Crippen LogP contribution in [0.15, 0.2) is 42.7 Å². The smallest absolute Gasteiger partial charge is 0.224 e. The van der Waals surface area contributed by atoms with E-state index in [1.807, 2.05) is 30.3 Å². The third-order valence-electron chi connectivity index (χ3n) is 3.91. The minimum absolute atomic E-state index is 0.0305. The molecular formula is C17H20N4O. The number of carbonyl (C=O) groups excluding carboxylic acids is 1. The Hall–Kier alpha value is -2.27. The lowest BCUT2D eigenvalue weighted by atomic mass is 10.0. The summed E-state index contributed by atoms with van der Waals surface area (Å²) in [7, 11) is 0. The summed E-state index contributed by atoms with van der Waals surface area (Å²) in [6.07, 6.45) is 5.96. The van der Waals surface area contributed by atoms with E-state index in [0.29, 0.717) is 23.9 Å². The van der Waals surface area contributed by atoms with E-state index in [1.165, 1.54) is 6.42 Å². The highest BCUT2D eigenvalue weighted by Gasteiger charge is 2.15. The summed E-state index contributed by atoms with van der Waals surface area (Å²) in [5.41, 5.74) is 1.61. The third-order valence-corrected chi connectivity index (χ3v) is 3.91. The highest BCUT2D eigenvalue weighted by Crippen LogP contribution is 2.17. The van der Waals surface area contributed by atoms with Gasteiger partial charge in [0.2, 0.25) is 5.91 Å². The monoisotopic (exact) mass is 296 g/mol. The molecule has 0 spiro atoms. The first-order chi connectivity index (χ1) is 10.8. The first kappa shape index (κ1) is 14.7. The maximum atomic E-state index is 11.9. The van der Waals surface area contributed by atoms with Crippen molar-refractivity contribution in [2.75, 3.05) is 18.4 Å². The number of nitrogens with one attached hydrogen (secondary N) is 2. The van der Waals surface area contributed by atoms with E-state index in [9.17, 15) is 4.79 Å². The molecule has 22 heavy (non-hydrogen) atoms. The van der Waals surface area contributed by atoms with Gasteiger partial charge in [0.15, 0.2) is 5.82 Å². The van der Waals surface area contributed by atoms with Crippen molar-refractivity contribution in [3.05, 3.63) is 42.7 Å². The number of hydrogen-bond donors (Lipinski definition) is 2. The van der Waals surface area contributed by atoms with E-state index in [-0.39, 0.29) is 5.91 Å². The van der Waals surface area contributed by atoms with Crippen LogP contribution in [-0.4, -0.2) is 29.0 Å². The van der Waals surface area contributed by atoms with Gasteiger partial charge in [-0.05, 0) is 31.8 Å². The van der Waals surface area contributed by atoms with Crippen molar-refractivity contribution in [2.24, 2.45) is 5.92 Å². The zero-order valence-corrected chi connectivity index (χ0v) is 12.5. The van der Waals surface area contributed by atoms with Crippen molar-refractivity contribution in [2.45, 2.75) is 19.3 Å².